The van der Waals surface area contributed by atoms with Crippen LogP contribution in [0.25, 0.3) is 0 Å². The summed E-state index contributed by atoms with van der Waals surface area (Å²) in [6.07, 6.45) is 0. The van der Waals surface area contributed by atoms with Crippen molar-refractivity contribution < 1.29 is 13.9 Å². The minimum Gasteiger partial charge on any atom is -0.495 e. The minimum atomic E-state index is -0.279. The highest BCUT2D eigenvalue weighted by atomic mass is 35.5. The zero-order valence-corrected chi connectivity index (χ0v) is 14.4. The average Bonchev–Trinajstić information content (AvgIpc) is 2.53. The normalized spacial score (nSPS) is 11.8. The molecule has 0 bridgehead atoms. The van der Waals surface area contributed by atoms with Crippen molar-refractivity contribution in [1.29, 1.82) is 0 Å². The molecule has 0 heterocycles. The average molecular weight is 354 g/mol. The van der Waals surface area contributed by atoms with Gasteiger partial charge in [0.1, 0.15) is 11.6 Å². The SMILES string of the molecule is COc1ccc(NC(=O)C(C)SCc2cccc(F)c2)cc1Cl. The van der Waals surface area contributed by atoms with Crippen LogP contribution >= 0.6 is 23.4 Å². The molecule has 0 radical (unpaired) electrons. The molecule has 2 rings (SSSR count). The van der Waals surface area contributed by atoms with Crippen molar-refractivity contribution in [2.75, 3.05) is 12.4 Å². The van der Waals surface area contributed by atoms with Gasteiger partial charge in [0.25, 0.3) is 0 Å². The predicted molar refractivity (Wildman–Crippen MR) is 93.8 cm³/mol. The summed E-state index contributed by atoms with van der Waals surface area (Å²) in [5.74, 6) is 0.717. The smallest absolute Gasteiger partial charge is 0.237 e. The lowest BCUT2D eigenvalue weighted by Crippen LogP contribution is -2.22. The fourth-order valence-electron chi connectivity index (χ4n) is 1.91. The van der Waals surface area contributed by atoms with Crippen molar-refractivity contribution in [3.8, 4) is 5.75 Å². The van der Waals surface area contributed by atoms with Crippen molar-refractivity contribution in [1.82, 2.24) is 0 Å². The second-order valence-corrected chi connectivity index (χ2v) is 6.66. The Morgan fingerprint density at radius 2 is 2.13 bits per heavy atom. The molecule has 3 nitrogen and oxygen atoms in total. The molecule has 2 aromatic rings. The molecule has 6 heteroatoms. The summed E-state index contributed by atoms with van der Waals surface area (Å²) in [7, 11) is 1.53. The van der Waals surface area contributed by atoms with Crippen LogP contribution in [-0.2, 0) is 10.5 Å². The van der Waals surface area contributed by atoms with Crippen LogP contribution in [0.15, 0.2) is 42.5 Å². The number of halogens is 2. The van der Waals surface area contributed by atoms with E-state index in [2.05, 4.69) is 5.32 Å². The van der Waals surface area contributed by atoms with Crippen molar-refractivity contribution >= 4 is 35.0 Å². The van der Waals surface area contributed by atoms with Gasteiger partial charge in [0.15, 0.2) is 0 Å². The highest BCUT2D eigenvalue weighted by Gasteiger charge is 2.14. The number of rotatable bonds is 6. The third kappa shape index (κ3) is 5.15. The Hall–Kier alpha value is -1.72. The first kappa shape index (κ1) is 17.6. The number of thioether (sulfide) groups is 1. The molecule has 1 amide bonds. The summed E-state index contributed by atoms with van der Waals surface area (Å²) >= 11 is 7.47. The molecular weight excluding hydrogens is 337 g/mol. The number of carbonyl (C=O) groups is 1. The number of hydrogen-bond acceptors (Lipinski definition) is 3. The summed E-state index contributed by atoms with van der Waals surface area (Å²) in [6, 6.07) is 11.4. The van der Waals surface area contributed by atoms with Crippen LogP contribution in [0.1, 0.15) is 12.5 Å². The summed E-state index contributed by atoms with van der Waals surface area (Å²) in [6.45, 7) is 1.81. The van der Waals surface area contributed by atoms with Crippen molar-refractivity contribution in [3.05, 3.63) is 58.9 Å². The number of hydrogen-bond donors (Lipinski definition) is 1. The Balaban J connectivity index is 1.91. The highest BCUT2D eigenvalue weighted by molar-refractivity contribution is 7.99. The van der Waals surface area contributed by atoms with Gasteiger partial charge in [0, 0.05) is 11.4 Å². The van der Waals surface area contributed by atoms with Gasteiger partial charge in [0.2, 0.25) is 5.91 Å². The zero-order valence-electron chi connectivity index (χ0n) is 12.8. The van der Waals surface area contributed by atoms with Crippen LogP contribution in [0.2, 0.25) is 5.02 Å². The molecule has 0 aliphatic carbocycles. The molecule has 1 atom stereocenters. The number of amides is 1. The first-order chi connectivity index (χ1) is 11.0. The molecular formula is C17H17ClFNO2S. The number of carbonyl (C=O) groups excluding carboxylic acids is 1. The quantitative estimate of drug-likeness (QED) is 0.814. The van der Waals surface area contributed by atoms with Crippen LogP contribution in [0.5, 0.6) is 5.75 Å². The third-order valence-corrected chi connectivity index (χ3v) is 4.69. The lowest BCUT2D eigenvalue weighted by atomic mass is 10.2. The molecule has 0 aliphatic rings. The van der Waals surface area contributed by atoms with E-state index in [1.165, 1.54) is 31.0 Å². The summed E-state index contributed by atoms with van der Waals surface area (Å²) in [5, 5.41) is 2.96. The van der Waals surface area contributed by atoms with E-state index in [0.29, 0.717) is 22.2 Å². The van der Waals surface area contributed by atoms with Gasteiger partial charge in [-0.05, 0) is 42.8 Å². The van der Waals surface area contributed by atoms with E-state index in [9.17, 15) is 9.18 Å². The maximum absolute atomic E-state index is 13.1. The lowest BCUT2D eigenvalue weighted by Gasteiger charge is -2.13. The number of benzene rings is 2. The number of ether oxygens (including phenoxy) is 1. The molecule has 2 aromatic carbocycles. The van der Waals surface area contributed by atoms with E-state index in [4.69, 9.17) is 16.3 Å². The van der Waals surface area contributed by atoms with Crippen molar-refractivity contribution in [3.63, 3.8) is 0 Å². The molecule has 122 valence electrons. The summed E-state index contributed by atoms with van der Waals surface area (Å²) < 4.78 is 18.2. The number of nitrogens with one attached hydrogen (secondary N) is 1. The van der Waals surface area contributed by atoms with Gasteiger partial charge >= 0.3 is 0 Å². The molecule has 0 saturated heterocycles. The fraction of sp³-hybridized carbons (Fsp3) is 0.235. The van der Waals surface area contributed by atoms with Crippen LogP contribution in [0.4, 0.5) is 10.1 Å². The van der Waals surface area contributed by atoms with Crippen LogP contribution in [0.3, 0.4) is 0 Å². The Morgan fingerprint density at radius 1 is 1.35 bits per heavy atom. The fourth-order valence-corrected chi connectivity index (χ4v) is 3.00. The van der Waals surface area contributed by atoms with E-state index in [-0.39, 0.29) is 17.0 Å². The van der Waals surface area contributed by atoms with Gasteiger partial charge < -0.3 is 10.1 Å². The minimum absolute atomic E-state index is 0.132. The maximum Gasteiger partial charge on any atom is 0.237 e. The van der Waals surface area contributed by atoms with E-state index in [1.807, 2.05) is 13.0 Å². The summed E-state index contributed by atoms with van der Waals surface area (Å²) in [5.41, 5.74) is 1.46. The Labute approximate surface area is 144 Å². The highest BCUT2D eigenvalue weighted by Crippen LogP contribution is 2.28. The van der Waals surface area contributed by atoms with Gasteiger partial charge in [-0.25, -0.2) is 4.39 Å². The topological polar surface area (TPSA) is 38.3 Å². The van der Waals surface area contributed by atoms with Gasteiger partial charge in [0.05, 0.1) is 17.4 Å². The molecule has 0 saturated carbocycles. The number of anilines is 1. The second kappa shape index (κ2) is 8.22. The predicted octanol–water partition coefficient (Wildman–Crippen LogP) is 4.75. The monoisotopic (exact) mass is 353 g/mol. The van der Waals surface area contributed by atoms with Gasteiger partial charge in [-0.2, -0.15) is 0 Å². The van der Waals surface area contributed by atoms with E-state index >= 15 is 0 Å². The van der Waals surface area contributed by atoms with Gasteiger partial charge in [-0.3, -0.25) is 4.79 Å². The standard InChI is InChI=1S/C17H17ClFNO2S/c1-11(23-10-12-4-3-5-13(19)8-12)17(21)20-14-6-7-16(22-2)15(18)9-14/h3-9,11H,10H2,1-2H3,(H,20,21). The van der Waals surface area contributed by atoms with Crippen molar-refractivity contribution in [2.45, 2.75) is 17.9 Å². The third-order valence-electron chi connectivity index (χ3n) is 3.18. The Bertz CT molecular complexity index is 696. The molecule has 0 spiro atoms. The van der Waals surface area contributed by atoms with Crippen LogP contribution in [0, 0.1) is 5.82 Å². The molecule has 0 fully saturated rings. The van der Waals surface area contributed by atoms with E-state index in [0.717, 1.165) is 5.56 Å². The molecule has 23 heavy (non-hydrogen) atoms. The lowest BCUT2D eigenvalue weighted by molar-refractivity contribution is -0.115. The first-order valence-electron chi connectivity index (χ1n) is 7.00. The van der Waals surface area contributed by atoms with Gasteiger partial charge in [-0.15, -0.1) is 11.8 Å². The van der Waals surface area contributed by atoms with E-state index in [1.54, 1.807) is 24.3 Å². The molecule has 0 aliphatic heterocycles. The van der Waals surface area contributed by atoms with E-state index < -0.39 is 0 Å². The Morgan fingerprint density at radius 3 is 2.78 bits per heavy atom. The van der Waals surface area contributed by atoms with Crippen LogP contribution in [-0.4, -0.2) is 18.3 Å². The molecule has 1 N–H and O–H groups in total. The maximum atomic E-state index is 13.1. The molecule has 1 unspecified atom stereocenters. The largest absolute Gasteiger partial charge is 0.495 e. The number of methoxy groups -OCH3 is 1. The second-order valence-electron chi connectivity index (χ2n) is 4.92. The zero-order chi connectivity index (χ0) is 16.8. The van der Waals surface area contributed by atoms with Gasteiger partial charge in [-0.1, -0.05) is 23.7 Å². The van der Waals surface area contributed by atoms with Crippen LogP contribution < -0.4 is 10.1 Å². The van der Waals surface area contributed by atoms with Crippen molar-refractivity contribution in [2.24, 2.45) is 0 Å². The Kier molecular flexibility index (Phi) is 6.30. The summed E-state index contributed by atoms with van der Waals surface area (Å²) in [4.78, 5) is 12.2. The molecule has 0 aromatic heterocycles. The first-order valence-corrected chi connectivity index (χ1v) is 8.42.